The van der Waals surface area contributed by atoms with Crippen molar-refractivity contribution in [1.29, 1.82) is 0 Å². The summed E-state index contributed by atoms with van der Waals surface area (Å²) in [7, 11) is 1.22. The molecule has 0 aromatic heterocycles. The first-order chi connectivity index (χ1) is 6.62. The van der Waals surface area contributed by atoms with E-state index in [1.54, 1.807) is 0 Å². The second kappa shape index (κ2) is 5.91. The van der Waals surface area contributed by atoms with Crippen LogP contribution < -0.4 is 0 Å². The van der Waals surface area contributed by atoms with Crippen molar-refractivity contribution in [3.8, 4) is 0 Å². The maximum Gasteiger partial charge on any atom is 0.0486 e. The van der Waals surface area contributed by atoms with Crippen LogP contribution in [-0.2, 0) is 4.74 Å². The zero-order chi connectivity index (χ0) is 10.4. The van der Waals surface area contributed by atoms with Crippen LogP contribution in [0.5, 0.6) is 0 Å². The molecule has 1 saturated heterocycles. The molecular weight excluding hydrogens is 188 g/mol. The molecule has 1 rings (SSSR count). The van der Waals surface area contributed by atoms with E-state index in [0.29, 0.717) is 5.22 Å². The van der Waals surface area contributed by atoms with Crippen LogP contribution in [0.2, 0.25) is 0 Å². The molecule has 14 heavy (non-hydrogen) atoms. The number of unbranched alkanes of at least 4 members (excludes halogenated alkanes) is 1. The highest BCUT2D eigenvalue weighted by Gasteiger charge is 2.26. The molecule has 0 N–H and O–H groups in total. The Morgan fingerprint density at radius 2 is 2.07 bits per heavy atom. The molecule has 1 heterocycles. The number of rotatable bonds is 5. The summed E-state index contributed by atoms with van der Waals surface area (Å²) >= 11 is 0. The molecule has 84 valence electrons. The van der Waals surface area contributed by atoms with Gasteiger partial charge in [0.25, 0.3) is 0 Å². The fourth-order valence-corrected chi connectivity index (χ4v) is 3.15. The summed E-state index contributed by atoms with van der Waals surface area (Å²) in [5.41, 5.74) is 0. The average Bonchev–Trinajstić information content (AvgIpc) is 2.14. The van der Waals surface area contributed by atoms with E-state index in [2.05, 4.69) is 13.8 Å². The third-order valence-corrected chi connectivity index (χ3v) is 4.58. The molecule has 1 aliphatic heterocycles. The molecule has 1 nitrogen and oxygen atoms in total. The van der Waals surface area contributed by atoms with Gasteiger partial charge in [0.1, 0.15) is 0 Å². The summed E-state index contributed by atoms with van der Waals surface area (Å²) in [4.78, 5) is 0. The molecule has 0 aromatic carbocycles. The van der Waals surface area contributed by atoms with Crippen LogP contribution in [0.4, 0.5) is 0 Å². The van der Waals surface area contributed by atoms with Crippen LogP contribution in [0, 0.1) is 5.92 Å². The van der Waals surface area contributed by atoms with Gasteiger partial charge in [0, 0.05) is 22.1 Å². The lowest BCUT2D eigenvalue weighted by molar-refractivity contribution is -0.0240. The molecule has 0 aromatic rings. The Kier molecular flexibility index (Phi) is 5.17. The van der Waals surface area contributed by atoms with Crippen LogP contribution in [0.25, 0.3) is 0 Å². The zero-order valence-electron chi connectivity index (χ0n) is 10.1. The highest BCUT2D eigenvalue weighted by atomic mass is 28.1. The SMILES string of the molecule is CC(C)CCCCC1([SiH3])CCCCO1. The molecule has 0 aliphatic carbocycles. The van der Waals surface area contributed by atoms with E-state index < -0.39 is 0 Å². The van der Waals surface area contributed by atoms with Crippen LogP contribution in [0.15, 0.2) is 0 Å². The highest BCUT2D eigenvalue weighted by molar-refractivity contribution is 6.14. The predicted octanol–water partition coefficient (Wildman–Crippen LogP) is 2.47. The Morgan fingerprint density at radius 1 is 1.29 bits per heavy atom. The van der Waals surface area contributed by atoms with Crippen molar-refractivity contribution < 1.29 is 4.74 Å². The van der Waals surface area contributed by atoms with Crippen LogP contribution in [0.1, 0.15) is 58.8 Å². The van der Waals surface area contributed by atoms with Crippen molar-refractivity contribution >= 4 is 10.2 Å². The molecular formula is C12H26OSi. The Hall–Kier alpha value is 0.177. The van der Waals surface area contributed by atoms with Gasteiger partial charge >= 0.3 is 0 Å². The fraction of sp³-hybridized carbons (Fsp3) is 1.00. The summed E-state index contributed by atoms with van der Waals surface area (Å²) in [6, 6.07) is 0. The Balaban J connectivity index is 2.09. The van der Waals surface area contributed by atoms with Gasteiger partial charge in [-0.1, -0.05) is 33.1 Å². The molecule has 0 amide bonds. The van der Waals surface area contributed by atoms with Gasteiger partial charge in [-0.15, -0.1) is 0 Å². The lowest BCUT2D eigenvalue weighted by Crippen LogP contribution is -2.36. The van der Waals surface area contributed by atoms with Crippen molar-refractivity contribution in [2.24, 2.45) is 5.92 Å². The van der Waals surface area contributed by atoms with Gasteiger partial charge in [0.2, 0.25) is 0 Å². The van der Waals surface area contributed by atoms with Crippen molar-refractivity contribution in [2.75, 3.05) is 6.61 Å². The van der Waals surface area contributed by atoms with E-state index in [9.17, 15) is 0 Å². The predicted molar refractivity (Wildman–Crippen MR) is 65.8 cm³/mol. The summed E-state index contributed by atoms with van der Waals surface area (Å²) < 4.78 is 5.93. The van der Waals surface area contributed by atoms with Crippen molar-refractivity contribution in [3.63, 3.8) is 0 Å². The standard InChI is InChI=1S/C12H26OSi/c1-11(2)7-3-4-8-12(14)9-5-6-10-13-12/h11H,3-10H2,1-2,14H3. The van der Waals surface area contributed by atoms with Crippen molar-refractivity contribution in [3.05, 3.63) is 0 Å². The van der Waals surface area contributed by atoms with E-state index in [0.717, 1.165) is 12.5 Å². The summed E-state index contributed by atoms with van der Waals surface area (Å²) in [5, 5.41) is 0.356. The second-order valence-corrected chi connectivity index (χ2v) is 7.22. The van der Waals surface area contributed by atoms with Gasteiger partial charge in [-0.2, -0.15) is 0 Å². The molecule has 0 bridgehead atoms. The maximum absolute atomic E-state index is 5.93. The summed E-state index contributed by atoms with van der Waals surface area (Å²) in [6.07, 6.45) is 9.50. The molecule has 1 aliphatic rings. The van der Waals surface area contributed by atoms with Gasteiger partial charge in [-0.25, -0.2) is 0 Å². The summed E-state index contributed by atoms with van der Waals surface area (Å²) in [5.74, 6) is 0.868. The third kappa shape index (κ3) is 4.60. The van der Waals surface area contributed by atoms with E-state index in [1.807, 2.05) is 0 Å². The highest BCUT2D eigenvalue weighted by Crippen LogP contribution is 2.27. The minimum absolute atomic E-state index is 0.356. The van der Waals surface area contributed by atoms with E-state index in [4.69, 9.17) is 4.74 Å². The molecule has 1 fully saturated rings. The molecule has 0 saturated carbocycles. The van der Waals surface area contributed by atoms with Gasteiger partial charge in [-0.05, 0) is 31.6 Å². The van der Waals surface area contributed by atoms with E-state index in [1.165, 1.54) is 55.2 Å². The molecule has 1 unspecified atom stereocenters. The van der Waals surface area contributed by atoms with E-state index >= 15 is 0 Å². The molecule has 0 spiro atoms. The van der Waals surface area contributed by atoms with Gasteiger partial charge < -0.3 is 4.74 Å². The first-order valence-corrected chi connectivity index (χ1v) is 7.26. The van der Waals surface area contributed by atoms with Crippen molar-refractivity contribution in [1.82, 2.24) is 0 Å². The minimum atomic E-state index is 0.356. The van der Waals surface area contributed by atoms with Crippen LogP contribution in [-0.4, -0.2) is 22.1 Å². The quantitative estimate of drug-likeness (QED) is 0.505. The third-order valence-electron chi connectivity index (χ3n) is 3.29. The molecule has 1 atom stereocenters. The smallest absolute Gasteiger partial charge is 0.0486 e. The fourth-order valence-electron chi connectivity index (χ4n) is 2.24. The van der Waals surface area contributed by atoms with Crippen molar-refractivity contribution in [2.45, 2.75) is 64.0 Å². The number of hydrogen-bond acceptors (Lipinski definition) is 1. The Morgan fingerprint density at radius 3 is 2.64 bits per heavy atom. The van der Waals surface area contributed by atoms with Gasteiger partial charge in [-0.3, -0.25) is 0 Å². The van der Waals surface area contributed by atoms with Gasteiger partial charge in [0.05, 0.1) is 0 Å². The zero-order valence-corrected chi connectivity index (χ0v) is 12.1. The Bertz CT molecular complexity index is 150. The normalized spacial score (nSPS) is 28.5. The lowest BCUT2D eigenvalue weighted by Gasteiger charge is -2.34. The maximum atomic E-state index is 5.93. The summed E-state index contributed by atoms with van der Waals surface area (Å²) in [6.45, 7) is 5.65. The van der Waals surface area contributed by atoms with E-state index in [-0.39, 0.29) is 0 Å². The first kappa shape index (κ1) is 12.2. The monoisotopic (exact) mass is 214 g/mol. The topological polar surface area (TPSA) is 9.23 Å². The number of hydrogen-bond donors (Lipinski definition) is 0. The largest absolute Gasteiger partial charge is 0.380 e. The second-order valence-electron chi connectivity index (χ2n) is 5.40. The Labute approximate surface area is 92.0 Å². The molecule has 2 heteroatoms. The average molecular weight is 214 g/mol. The number of ether oxygens (including phenoxy) is 1. The lowest BCUT2D eigenvalue weighted by atomic mass is 9.99. The first-order valence-electron chi connectivity index (χ1n) is 6.26. The van der Waals surface area contributed by atoms with Gasteiger partial charge in [0.15, 0.2) is 0 Å². The van der Waals surface area contributed by atoms with Crippen LogP contribution in [0.3, 0.4) is 0 Å². The molecule has 0 radical (unpaired) electrons. The minimum Gasteiger partial charge on any atom is -0.380 e. The van der Waals surface area contributed by atoms with Crippen LogP contribution >= 0.6 is 0 Å².